The van der Waals surface area contributed by atoms with E-state index in [2.05, 4.69) is 61.7 Å². The van der Waals surface area contributed by atoms with Gasteiger partial charge in [-0.15, -0.1) is 11.3 Å². The summed E-state index contributed by atoms with van der Waals surface area (Å²) >= 11 is 1.86. The van der Waals surface area contributed by atoms with Crippen molar-refractivity contribution in [2.24, 2.45) is 5.41 Å². The predicted molar refractivity (Wildman–Crippen MR) is 72.0 cm³/mol. The Bertz CT molecular complexity index is 412. The third kappa shape index (κ3) is 3.21. The minimum absolute atomic E-state index is 0.339. The molecule has 1 heteroatoms. The van der Waals surface area contributed by atoms with Gasteiger partial charge in [0.25, 0.3) is 0 Å². The van der Waals surface area contributed by atoms with Crippen LogP contribution in [0.15, 0.2) is 47.8 Å². The van der Waals surface area contributed by atoms with Gasteiger partial charge < -0.3 is 0 Å². The molecule has 0 aliphatic carbocycles. The van der Waals surface area contributed by atoms with Crippen molar-refractivity contribution in [3.63, 3.8) is 0 Å². The van der Waals surface area contributed by atoms with Crippen LogP contribution >= 0.6 is 11.3 Å². The summed E-state index contributed by atoms with van der Waals surface area (Å²) in [5.74, 6) is 0. The molecule has 0 radical (unpaired) electrons. The van der Waals surface area contributed by atoms with Crippen LogP contribution < -0.4 is 0 Å². The molecule has 0 saturated heterocycles. The fourth-order valence-corrected chi connectivity index (χ4v) is 3.06. The Labute approximate surface area is 102 Å². The van der Waals surface area contributed by atoms with Crippen molar-refractivity contribution >= 4 is 11.3 Å². The van der Waals surface area contributed by atoms with Crippen LogP contribution in [0.5, 0.6) is 0 Å². The van der Waals surface area contributed by atoms with Crippen LogP contribution in [0.2, 0.25) is 0 Å². The maximum Gasteiger partial charge on any atom is 0.00506 e. The normalized spacial score (nSPS) is 11.6. The summed E-state index contributed by atoms with van der Waals surface area (Å²) < 4.78 is 0. The van der Waals surface area contributed by atoms with Crippen molar-refractivity contribution in [2.45, 2.75) is 26.7 Å². The molecule has 0 bridgehead atoms. The average molecular weight is 230 g/mol. The SMILES string of the molecule is CC(C)(Cc1ccccc1)Cc1cccs1. The second-order valence-corrected chi connectivity index (χ2v) is 6.11. The summed E-state index contributed by atoms with van der Waals surface area (Å²) in [4.78, 5) is 1.49. The van der Waals surface area contributed by atoms with Gasteiger partial charge in [0.2, 0.25) is 0 Å². The summed E-state index contributed by atoms with van der Waals surface area (Å²) in [6.07, 6.45) is 2.31. The monoisotopic (exact) mass is 230 g/mol. The van der Waals surface area contributed by atoms with E-state index in [4.69, 9.17) is 0 Å². The highest BCUT2D eigenvalue weighted by molar-refractivity contribution is 7.09. The van der Waals surface area contributed by atoms with Crippen LogP contribution in [0.4, 0.5) is 0 Å². The fraction of sp³-hybridized carbons (Fsp3) is 0.333. The van der Waals surface area contributed by atoms with Gasteiger partial charge in [-0.05, 0) is 35.3 Å². The lowest BCUT2D eigenvalue weighted by Gasteiger charge is -2.24. The van der Waals surface area contributed by atoms with Gasteiger partial charge in [0.05, 0.1) is 0 Å². The second kappa shape index (κ2) is 4.84. The van der Waals surface area contributed by atoms with Gasteiger partial charge in [-0.1, -0.05) is 50.2 Å². The quantitative estimate of drug-likeness (QED) is 0.722. The van der Waals surface area contributed by atoms with Gasteiger partial charge in [-0.2, -0.15) is 0 Å². The summed E-state index contributed by atoms with van der Waals surface area (Å²) in [5.41, 5.74) is 1.77. The molecule has 84 valence electrons. The molecular formula is C15H18S. The van der Waals surface area contributed by atoms with E-state index in [1.165, 1.54) is 16.9 Å². The first-order valence-electron chi connectivity index (χ1n) is 5.72. The highest BCUT2D eigenvalue weighted by Crippen LogP contribution is 2.28. The summed E-state index contributed by atoms with van der Waals surface area (Å²) in [5, 5.41) is 2.16. The maximum atomic E-state index is 2.35. The summed E-state index contributed by atoms with van der Waals surface area (Å²) in [7, 11) is 0. The van der Waals surface area contributed by atoms with Crippen molar-refractivity contribution in [2.75, 3.05) is 0 Å². The third-order valence-electron chi connectivity index (χ3n) is 2.76. The minimum Gasteiger partial charge on any atom is -0.149 e. The number of hydrogen-bond acceptors (Lipinski definition) is 1. The molecule has 0 amide bonds. The Balaban J connectivity index is 2.03. The Kier molecular flexibility index (Phi) is 3.45. The van der Waals surface area contributed by atoms with Gasteiger partial charge in [0, 0.05) is 4.88 Å². The number of hydrogen-bond donors (Lipinski definition) is 0. The van der Waals surface area contributed by atoms with Crippen molar-refractivity contribution < 1.29 is 0 Å². The van der Waals surface area contributed by atoms with E-state index in [1.54, 1.807) is 0 Å². The Hall–Kier alpha value is -1.08. The minimum atomic E-state index is 0.339. The summed E-state index contributed by atoms with van der Waals surface area (Å²) in [6.45, 7) is 4.69. The van der Waals surface area contributed by atoms with Crippen molar-refractivity contribution in [3.8, 4) is 0 Å². The lowest BCUT2D eigenvalue weighted by atomic mass is 9.82. The largest absolute Gasteiger partial charge is 0.149 e. The fourth-order valence-electron chi connectivity index (χ4n) is 2.10. The molecule has 0 nitrogen and oxygen atoms in total. The number of benzene rings is 1. The van der Waals surface area contributed by atoms with E-state index >= 15 is 0 Å². The molecule has 2 rings (SSSR count). The zero-order chi connectivity index (χ0) is 11.4. The molecule has 0 fully saturated rings. The maximum absolute atomic E-state index is 2.35. The molecule has 0 spiro atoms. The van der Waals surface area contributed by atoms with Crippen LogP contribution in [-0.2, 0) is 12.8 Å². The lowest BCUT2D eigenvalue weighted by Crippen LogP contribution is -2.17. The second-order valence-electron chi connectivity index (χ2n) is 5.08. The Morgan fingerprint density at radius 1 is 0.938 bits per heavy atom. The standard InChI is InChI=1S/C15H18S/c1-15(2,12-14-9-6-10-16-14)11-13-7-4-3-5-8-13/h3-10H,11-12H2,1-2H3. The Morgan fingerprint density at radius 2 is 1.69 bits per heavy atom. The van der Waals surface area contributed by atoms with Crippen LogP contribution in [0, 0.1) is 5.41 Å². The van der Waals surface area contributed by atoms with E-state index in [0.717, 1.165) is 6.42 Å². The van der Waals surface area contributed by atoms with E-state index in [9.17, 15) is 0 Å². The number of rotatable bonds is 4. The molecule has 1 aromatic carbocycles. The first-order valence-corrected chi connectivity index (χ1v) is 6.60. The van der Waals surface area contributed by atoms with Crippen molar-refractivity contribution in [1.29, 1.82) is 0 Å². The number of thiophene rings is 1. The molecule has 0 saturated carbocycles. The van der Waals surface area contributed by atoms with Gasteiger partial charge >= 0.3 is 0 Å². The molecule has 0 N–H and O–H groups in total. The molecule has 0 aliphatic heterocycles. The van der Waals surface area contributed by atoms with Crippen LogP contribution in [0.1, 0.15) is 24.3 Å². The van der Waals surface area contributed by atoms with E-state index in [1.807, 2.05) is 11.3 Å². The average Bonchev–Trinajstić information content (AvgIpc) is 2.70. The molecule has 1 aromatic heterocycles. The Morgan fingerprint density at radius 3 is 2.31 bits per heavy atom. The highest BCUT2D eigenvalue weighted by atomic mass is 32.1. The molecule has 0 aliphatic rings. The molecule has 16 heavy (non-hydrogen) atoms. The van der Waals surface area contributed by atoms with Crippen molar-refractivity contribution in [3.05, 3.63) is 58.3 Å². The highest BCUT2D eigenvalue weighted by Gasteiger charge is 2.19. The van der Waals surface area contributed by atoms with Gasteiger partial charge in [-0.3, -0.25) is 0 Å². The van der Waals surface area contributed by atoms with E-state index in [0.29, 0.717) is 5.41 Å². The molecular weight excluding hydrogens is 212 g/mol. The predicted octanol–water partition coefficient (Wildman–Crippen LogP) is 4.56. The van der Waals surface area contributed by atoms with Gasteiger partial charge in [-0.25, -0.2) is 0 Å². The van der Waals surface area contributed by atoms with Crippen LogP contribution in [-0.4, -0.2) is 0 Å². The first kappa shape index (κ1) is 11.4. The van der Waals surface area contributed by atoms with E-state index in [-0.39, 0.29) is 0 Å². The molecule has 1 heterocycles. The molecule has 2 aromatic rings. The lowest BCUT2D eigenvalue weighted by molar-refractivity contribution is 0.363. The zero-order valence-electron chi connectivity index (χ0n) is 9.94. The molecule has 0 atom stereocenters. The van der Waals surface area contributed by atoms with Gasteiger partial charge in [0.1, 0.15) is 0 Å². The summed E-state index contributed by atoms with van der Waals surface area (Å²) in [6, 6.07) is 15.1. The third-order valence-corrected chi connectivity index (χ3v) is 3.63. The molecule has 0 unspecified atom stereocenters. The van der Waals surface area contributed by atoms with Crippen molar-refractivity contribution in [1.82, 2.24) is 0 Å². The van der Waals surface area contributed by atoms with Crippen LogP contribution in [0.25, 0.3) is 0 Å². The smallest absolute Gasteiger partial charge is 0.00506 e. The topological polar surface area (TPSA) is 0 Å². The van der Waals surface area contributed by atoms with Crippen LogP contribution in [0.3, 0.4) is 0 Å². The zero-order valence-corrected chi connectivity index (χ0v) is 10.8. The van der Waals surface area contributed by atoms with E-state index < -0.39 is 0 Å². The first-order chi connectivity index (χ1) is 7.66. The van der Waals surface area contributed by atoms with Gasteiger partial charge in [0.15, 0.2) is 0 Å².